The minimum atomic E-state index is -0.793. The van der Waals surface area contributed by atoms with Crippen LogP contribution >= 0.6 is 0 Å². The van der Waals surface area contributed by atoms with Crippen LogP contribution in [0.3, 0.4) is 0 Å². The summed E-state index contributed by atoms with van der Waals surface area (Å²) < 4.78 is 10.2. The molecule has 1 unspecified atom stereocenters. The van der Waals surface area contributed by atoms with Crippen LogP contribution in [0.5, 0.6) is 5.75 Å². The van der Waals surface area contributed by atoms with Crippen molar-refractivity contribution >= 4 is 6.09 Å². The van der Waals surface area contributed by atoms with Gasteiger partial charge >= 0.3 is 6.09 Å². The third-order valence-electron chi connectivity index (χ3n) is 3.03. The number of nitrogens with one attached hydrogen (secondary N) is 1. The van der Waals surface area contributed by atoms with E-state index in [0.29, 0.717) is 11.3 Å². The summed E-state index contributed by atoms with van der Waals surface area (Å²) in [6, 6.07) is 17.5. The van der Waals surface area contributed by atoms with Gasteiger partial charge in [0, 0.05) is 0 Å². The number of methoxy groups -OCH3 is 1. The van der Waals surface area contributed by atoms with Crippen LogP contribution in [0.15, 0.2) is 54.6 Å². The first kappa shape index (κ1) is 15.4. The van der Waals surface area contributed by atoms with Gasteiger partial charge in [-0.25, -0.2) is 4.79 Å². The fourth-order valence-corrected chi connectivity index (χ4v) is 1.89. The molecule has 0 aliphatic heterocycles. The largest absolute Gasteiger partial charge is 0.497 e. The Morgan fingerprint density at radius 3 is 2.68 bits per heavy atom. The fourth-order valence-electron chi connectivity index (χ4n) is 1.89. The molecular weight excluding hydrogens is 280 g/mol. The number of benzene rings is 2. The quantitative estimate of drug-likeness (QED) is 0.919. The molecule has 0 heterocycles. The SMILES string of the molecule is COc1cccc(C(C#N)NC(=O)OCc2ccccc2)c1. The maximum absolute atomic E-state index is 11.8. The van der Waals surface area contributed by atoms with Crippen LogP contribution in [0.25, 0.3) is 0 Å². The molecule has 0 spiro atoms. The average molecular weight is 296 g/mol. The highest BCUT2D eigenvalue weighted by Gasteiger charge is 2.15. The Labute approximate surface area is 129 Å². The lowest BCUT2D eigenvalue weighted by atomic mass is 10.1. The van der Waals surface area contributed by atoms with Gasteiger partial charge in [0.2, 0.25) is 0 Å². The van der Waals surface area contributed by atoms with Crippen molar-refractivity contribution in [3.8, 4) is 11.8 Å². The molecule has 1 amide bonds. The van der Waals surface area contributed by atoms with Crippen molar-refractivity contribution in [1.29, 1.82) is 5.26 Å². The Morgan fingerprint density at radius 1 is 1.23 bits per heavy atom. The Kier molecular flexibility index (Phi) is 5.38. The molecule has 0 aliphatic rings. The van der Waals surface area contributed by atoms with Crippen molar-refractivity contribution in [2.24, 2.45) is 0 Å². The number of amides is 1. The highest BCUT2D eigenvalue weighted by Crippen LogP contribution is 2.18. The summed E-state index contributed by atoms with van der Waals surface area (Å²) in [6.45, 7) is 0.156. The van der Waals surface area contributed by atoms with Crippen molar-refractivity contribution in [2.75, 3.05) is 7.11 Å². The summed E-state index contributed by atoms with van der Waals surface area (Å²) in [5.74, 6) is 0.622. The smallest absolute Gasteiger partial charge is 0.408 e. The van der Waals surface area contributed by atoms with Gasteiger partial charge in [-0.1, -0.05) is 42.5 Å². The van der Waals surface area contributed by atoms with Gasteiger partial charge in [-0.2, -0.15) is 5.26 Å². The lowest BCUT2D eigenvalue weighted by molar-refractivity contribution is 0.137. The summed E-state index contributed by atoms with van der Waals surface area (Å²) in [4.78, 5) is 11.8. The number of carbonyl (C=O) groups is 1. The van der Waals surface area contributed by atoms with E-state index < -0.39 is 12.1 Å². The van der Waals surface area contributed by atoms with E-state index in [2.05, 4.69) is 5.32 Å². The van der Waals surface area contributed by atoms with E-state index in [0.717, 1.165) is 5.56 Å². The maximum Gasteiger partial charge on any atom is 0.408 e. The molecule has 2 aromatic rings. The van der Waals surface area contributed by atoms with E-state index in [9.17, 15) is 10.1 Å². The van der Waals surface area contributed by atoms with Crippen molar-refractivity contribution in [3.63, 3.8) is 0 Å². The molecular formula is C17H16N2O3. The summed E-state index contributed by atoms with van der Waals surface area (Å²) in [5, 5.41) is 11.7. The van der Waals surface area contributed by atoms with Gasteiger partial charge in [0.1, 0.15) is 18.4 Å². The fraction of sp³-hybridized carbons (Fsp3) is 0.176. The van der Waals surface area contributed by atoms with Crippen LogP contribution in [0.4, 0.5) is 4.79 Å². The van der Waals surface area contributed by atoms with E-state index in [1.807, 2.05) is 36.4 Å². The lowest BCUT2D eigenvalue weighted by Crippen LogP contribution is -2.28. The first-order chi connectivity index (χ1) is 10.7. The molecule has 5 nitrogen and oxygen atoms in total. The molecule has 0 fully saturated rings. The van der Waals surface area contributed by atoms with Gasteiger partial charge in [0.05, 0.1) is 13.2 Å². The molecule has 22 heavy (non-hydrogen) atoms. The number of alkyl carbamates (subject to hydrolysis) is 1. The van der Waals surface area contributed by atoms with Gasteiger partial charge in [-0.3, -0.25) is 0 Å². The van der Waals surface area contributed by atoms with Gasteiger partial charge < -0.3 is 14.8 Å². The van der Waals surface area contributed by atoms with Gasteiger partial charge in [-0.15, -0.1) is 0 Å². The molecule has 0 bridgehead atoms. The maximum atomic E-state index is 11.8. The van der Waals surface area contributed by atoms with E-state index in [4.69, 9.17) is 9.47 Å². The number of carbonyl (C=O) groups excluding carboxylic acids is 1. The molecule has 0 saturated heterocycles. The molecule has 5 heteroatoms. The summed E-state index contributed by atoms with van der Waals surface area (Å²) in [6.07, 6.45) is -0.641. The van der Waals surface area contributed by atoms with Crippen molar-refractivity contribution in [2.45, 2.75) is 12.6 Å². The van der Waals surface area contributed by atoms with Gasteiger partial charge in [-0.05, 0) is 23.3 Å². The van der Waals surface area contributed by atoms with Crippen LogP contribution in [-0.4, -0.2) is 13.2 Å². The average Bonchev–Trinajstić information content (AvgIpc) is 2.58. The second kappa shape index (κ2) is 7.70. The Morgan fingerprint density at radius 2 is 2.00 bits per heavy atom. The van der Waals surface area contributed by atoms with E-state index in [1.54, 1.807) is 31.4 Å². The van der Waals surface area contributed by atoms with Crippen LogP contribution in [0.2, 0.25) is 0 Å². The number of nitrogens with zero attached hydrogens (tertiary/aromatic N) is 1. The van der Waals surface area contributed by atoms with E-state index >= 15 is 0 Å². The summed E-state index contributed by atoms with van der Waals surface area (Å²) in [7, 11) is 1.54. The van der Waals surface area contributed by atoms with Gasteiger partial charge in [0.15, 0.2) is 0 Å². The molecule has 0 aromatic heterocycles. The van der Waals surface area contributed by atoms with Crippen LogP contribution in [-0.2, 0) is 11.3 Å². The highest BCUT2D eigenvalue weighted by molar-refractivity contribution is 5.68. The lowest BCUT2D eigenvalue weighted by Gasteiger charge is -2.13. The minimum absolute atomic E-state index is 0.156. The Hall–Kier alpha value is -3.00. The first-order valence-corrected chi connectivity index (χ1v) is 6.73. The third-order valence-corrected chi connectivity index (χ3v) is 3.03. The molecule has 2 rings (SSSR count). The monoisotopic (exact) mass is 296 g/mol. The molecule has 1 N–H and O–H groups in total. The number of ether oxygens (including phenoxy) is 2. The third kappa shape index (κ3) is 4.25. The van der Waals surface area contributed by atoms with Crippen molar-refractivity contribution in [1.82, 2.24) is 5.32 Å². The normalized spacial score (nSPS) is 11.1. The second-order valence-electron chi connectivity index (χ2n) is 4.54. The zero-order chi connectivity index (χ0) is 15.8. The number of rotatable bonds is 5. The molecule has 0 saturated carbocycles. The predicted octanol–water partition coefficient (Wildman–Crippen LogP) is 3.19. The first-order valence-electron chi connectivity index (χ1n) is 6.73. The van der Waals surface area contributed by atoms with Crippen molar-refractivity contribution < 1.29 is 14.3 Å². The summed E-state index contributed by atoms with van der Waals surface area (Å²) >= 11 is 0. The van der Waals surface area contributed by atoms with E-state index in [-0.39, 0.29) is 6.61 Å². The zero-order valence-electron chi connectivity index (χ0n) is 12.2. The molecule has 0 radical (unpaired) electrons. The number of hydrogen-bond acceptors (Lipinski definition) is 4. The highest BCUT2D eigenvalue weighted by atomic mass is 16.5. The van der Waals surface area contributed by atoms with Crippen LogP contribution in [0.1, 0.15) is 17.2 Å². The second-order valence-corrected chi connectivity index (χ2v) is 4.54. The topological polar surface area (TPSA) is 71.3 Å². The van der Waals surface area contributed by atoms with Gasteiger partial charge in [0.25, 0.3) is 0 Å². The number of hydrogen-bond donors (Lipinski definition) is 1. The Bertz CT molecular complexity index is 665. The molecule has 112 valence electrons. The predicted molar refractivity (Wildman–Crippen MR) is 81.1 cm³/mol. The molecule has 1 atom stereocenters. The zero-order valence-corrected chi connectivity index (χ0v) is 12.2. The van der Waals surface area contributed by atoms with Crippen LogP contribution < -0.4 is 10.1 Å². The molecule has 2 aromatic carbocycles. The number of nitriles is 1. The summed E-state index contributed by atoms with van der Waals surface area (Å²) in [5.41, 5.74) is 1.52. The van der Waals surface area contributed by atoms with Crippen molar-refractivity contribution in [3.05, 3.63) is 65.7 Å². The standard InChI is InChI=1S/C17H16N2O3/c1-21-15-9-5-8-14(10-15)16(11-18)19-17(20)22-12-13-6-3-2-4-7-13/h2-10,16H,12H2,1H3,(H,19,20). The van der Waals surface area contributed by atoms with E-state index in [1.165, 1.54) is 0 Å². The minimum Gasteiger partial charge on any atom is -0.497 e. The van der Waals surface area contributed by atoms with Crippen LogP contribution in [0, 0.1) is 11.3 Å². The molecule has 0 aliphatic carbocycles. The Balaban J connectivity index is 1.95.